The van der Waals surface area contributed by atoms with Gasteiger partial charge in [-0.3, -0.25) is 0 Å². The highest BCUT2D eigenvalue weighted by molar-refractivity contribution is 4.94. The van der Waals surface area contributed by atoms with E-state index in [2.05, 4.69) is 4.90 Å². The van der Waals surface area contributed by atoms with Crippen molar-refractivity contribution in [3.05, 3.63) is 0 Å². The molecule has 4 heteroatoms. The Balaban J connectivity index is 1.56. The van der Waals surface area contributed by atoms with Crippen molar-refractivity contribution in [2.24, 2.45) is 5.92 Å². The molecule has 0 amide bonds. The van der Waals surface area contributed by atoms with Crippen LogP contribution in [0.15, 0.2) is 0 Å². The quantitative estimate of drug-likeness (QED) is 0.800. The summed E-state index contributed by atoms with van der Waals surface area (Å²) >= 11 is 0. The lowest BCUT2D eigenvalue weighted by Gasteiger charge is -2.44. The predicted octanol–water partition coefficient (Wildman–Crippen LogP) is 1.03. The fourth-order valence-corrected chi connectivity index (χ4v) is 3.68. The van der Waals surface area contributed by atoms with Gasteiger partial charge in [-0.15, -0.1) is 0 Å². The van der Waals surface area contributed by atoms with E-state index in [4.69, 9.17) is 9.47 Å². The van der Waals surface area contributed by atoms with Crippen LogP contribution in [-0.4, -0.2) is 61.2 Å². The molecule has 3 heterocycles. The predicted molar refractivity (Wildman–Crippen MR) is 68.5 cm³/mol. The maximum absolute atomic E-state index is 9.20. The fourth-order valence-electron chi connectivity index (χ4n) is 3.68. The first-order chi connectivity index (χ1) is 8.81. The van der Waals surface area contributed by atoms with Crippen LogP contribution in [0.3, 0.4) is 0 Å². The molecule has 3 fully saturated rings. The molecule has 3 rings (SSSR count). The molecule has 18 heavy (non-hydrogen) atoms. The fraction of sp³-hybridized carbons (Fsp3) is 1.00. The molecule has 3 aliphatic heterocycles. The first-order valence-corrected chi connectivity index (χ1v) is 7.38. The Morgan fingerprint density at radius 2 is 2.00 bits per heavy atom. The van der Waals surface area contributed by atoms with Crippen LogP contribution in [0.5, 0.6) is 0 Å². The maximum atomic E-state index is 9.20. The second kappa shape index (κ2) is 5.45. The smallest absolute Gasteiger partial charge is 0.0951 e. The molecular weight excluding hydrogens is 230 g/mol. The molecular formula is C14H25NO3. The van der Waals surface area contributed by atoms with Crippen LogP contribution in [0.25, 0.3) is 0 Å². The van der Waals surface area contributed by atoms with Crippen LogP contribution in [-0.2, 0) is 9.47 Å². The van der Waals surface area contributed by atoms with E-state index in [1.165, 1.54) is 0 Å². The summed E-state index contributed by atoms with van der Waals surface area (Å²) in [6, 6.07) is 0.667. The van der Waals surface area contributed by atoms with Gasteiger partial charge in [0.05, 0.1) is 12.2 Å². The van der Waals surface area contributed by atoms with Gasteiger partial charge in [0, 0.05) is 32.3 Å². The van der Waals surface area contributed by atoms with Crippen molar-refractivity contribution in [1.29, 1.82) is 0 Å². The third-order valence-electron chi connectivity index (χ3n) is 4.96. The minimum absolute atomic E-state index is 0.0245. The van der Waals surface area contributed by atoms with Crippen LogP contribution in [0, 0.1) is 5.92 Å². The van der Waals surface area contributed by atoms with Gasteiger partial charge < -0.3 is 19.5 Å². The topological polar surface area (TPSA) is 41.9 Å². The van der Waals surface area contributed by atoms with Gasteiger partial charge in [-0.05, 0) is 44.7 Å². The van der Waals surface area contributed by atoms with Crippen molar-refractivity contribution >= 4 is 0 Å². The summed E-state index contributed by atoms with van der Waals surface area (Å²) in [5.74, 6) is 0.532. The molecule has 0 saturated carbocycles. The molecule has 0 aromatic rings. The first-order valence-electron chi connectivity index (χ1n) is 7.38. The molecule has 3 aliphatic rings. The van der Waals surface area contributed by atoms with E-state index in [1.54, 1.807) is 0 Å². The summed E-state index contributed by atoms with van der Waals surface area (Å²) < 4.78 is 11.5. The zero-order valence-corrected chi connectivity index (χ0v) is 11.1. The maximum Gasteiger partial charge on any atom is 0.0951 e. The second-order valence-corrected chi connectivity index (χ2v) is 6.14. The van der Waals surface area contributed by atoms with E-state index in [0.29, 0.717) is 18.6 Å². The Morgan fingerprint density at radius 3 is 2.67 bits per heavy atom. The van der Waals surface area contributed by atoms with E-state index in [9.17, 15) is 5.11 Å². The van der Waals surface area contributed by atoms with Crippen molar-refractivity contribution in [3.63, 3.8) is 0 Å². The summed E-state index contributed by atoms with van der Waals surface area (Å²) in [6.07, 6.45) is 5.66. The Labute approximate surface area is 109 Å². The zero-order chi connectivity index (χ0) is 12.4. The summed E-state index contributed by atoms with van der Waals surface area (Å²) in [5.41, 5.74) is 0.0245. The number of aliphatic hydroxyl groups is 1. The van der Waals surface area contributed by atoms with Crippen molar-refractivity contribution in [2.45, 2.75) is 43.7 Å². The van der Waals surface area contributed by atoms with Gasteiger partial charge in [0.2, 0.25) is 0 Å². The van der Waals surface area contributed by atoms with Gasteiger partial charge in [-0.25, -0.2) is 0 Å². The van der Waals surface area contributed by atoms with Crippen molar-refractivity contribution < 1.29 is 14.6 Å². The van der Waals surface area contributed by atoms with Crippen LogP contribution in [0.2, 0.25) is 0 Å². The van der Waals surface area contributed by atoms with Gasteiger partial charge in [0.1, 0.15) is 0 Å². The summed E-state index contributed by atoms with van der Waals surface area (Å²) in [4.78, 5) is 2.62. The highest BCUT2D eigenvalue weighted by Crippen LogP contribution is 2.35. The van der Waals surface area contributed by atoms with Crippen molar-refractivity contribution in [2.75, 3.05) is 39.5 Å². The summed E-state index contributed by atoms with van der Waals surface area (Å²) in [7, 11) is 0. The minimum atomic E-state index is 0.0245. The molecule has 3 saturated heterocycles. The highest BCUT2D eigenvalue weighted by atomic mass is 16.6. The molecule has 0 bridgehead atoms. The van der Waals surface area contributed by atoms with Gasteiger partial charge >= 0.3 is 0 Å². The lowest BCUT2D eigenvalue weighted by Crippen LogP contribution is -2.51. The normalized spacial score (nSPS) is 39.5. The lowest BCUT2D eigenvalue weighted by atomic mass is 9.87. The average molecular weight is 255 g/mol. The third-order valence-corrected chi connectivity index (χ3v) is 4.96. The van der Waals surface area contributed by atoms with Crippen LogP contribution >= 0.6 is 0 Å². The zero-order valence-electron chi connectivity index (χ0n) is 11.1. The molecule has 4 nitrogen and oxygen atoms in total. The Bertz CT molecular complexity index is 270. The number of rotatable bonds is 2. The highest BCUT2D eigenvalue weighted by Gasteiger charge is 2.42. The summed E-state index contributed by atoms with van der Waals surface area (Å²) in [5, 5.41) is 9.20. The van der Waals surface area contributed by atoms with Crippen LogP contribution < -0.4 is 0 Å². The van der Waals surface area contributed by atoms with Crippen molar-refractivity contribution in [1.82, 2.24) is 4.90 Å². The molecule has 2 atom stereocenters. The third kappa shape index (κ3) is 2.57. The van der Waals surface area contributed by atoms with Gasteiger partial charge in [-0.1, -0.05) is 0 Å². The molecule has 1 N–H and O–H groups in total. The minimum Gasteiger partial charge on any atom is -0.396 e. The SMILES string of the molecule is OCC1CCN(C2CCOC3(CCOC3)C2)CC1. The Kier molecular flexibility index (Phi) is 3.89. The molecule has 0 aromatic carbocycles. The molecule has 2 unspecified atom stereocenters. The first kappa shape index (κ1) is 12.9. The summed E-state index contributed by atoms with van der Waals surface area (Å²) in [6.45, 7) is 5.18. The van der Waals surface area contributed by atoms with E-state index in [-0.39, 0.29) is 5.60 Å². The van der Waals surface area contributed by atoms with Crippen molar-refractivity contribution in [3.8, 4) is 0 Å². The number of piperidine rings is 1. The number of nitrogens with zero attached hydrogens (tertiary/aromatic N) is 1. The van der Waals surface area contributed by atoms with Gasteiger partial charge in [0.25, 0.3) is 0 Å². The number of hydrogen-bond acceptors (Lipinski definition) is 4. The van der Waals surface area contributed by atoms with E-state index < -0.39 is 0 Å². The number of hydrogen-bond donors (Lipinski definition) is 1. The van der Waals surface area contributed by atoms with Gasteiger partial charge in [-0.2, -0.15) is 0 Å². The molecule has 0 aromatic heterocycles. The van der Waals surface area contributed by atoms with E-state index in [0.717, 1.165) is 65.0 Å². The Morgan fingerprint density at radius 1 is 1.17 bits per heavy atom. The molecule has 0 aliphatic carbocycles. The van der Waals surface area contributed by atoms with Crippen LogP contribution in [0.4, 0.5) is 0 Å². The second-order valence-electron chi connectivity index (χ2n) is 6.14. The average Bonchev–Trinajstić information content (AvgIpc) is 2.87. The largest absolute Gasteiger partial charge is 0.396 e. The number of aliphatic hydroxyl groups excluding tert-OH is 1. The van der Waals surface area contributed by atoms with Crippen LogP contribution in [0.1, 0.15) is 32.1 Å². The van der Waals surface area contributed by atoms with Gasteiger partial charge in [0.15, 0.2) is 0 Å². The lowest BCUT2D eigenvalue weighted by molar-refractivity contribution is -0.109. The molecule has 1 spiro atoms. The number of ether oxygens (including phenoxy) is 2. The monoisotopic (exact) mass is 255 g/mol. The van der Waals surface area contributed by atoms with E-state index >= 15 is 0 Å². The molecule has 104 valence electrons. The Hall–Kier alpha value is -0.160. The standard InChI is InChI=1S/C14H25NO3/c16-10-12-1-5-15(6-2-12)13-3-7-18-14(9-13)4-8-17-11-14/h12-13,16H,1-11H2. The van der Waals surface area contributed by atoms with E-state index in [1.807, 2.05) is 0 Å². The molecule has 0 radical (unpaired) electrons. The number of likely N-dealkylation sites (tertiary alicyclic amines) is 1.